The fourth-order valence-electron chi connectivity index (χ4n) is 1.74. The summed E-state index contributed by atoms with van der Waals surface area (Å²) in [4.78, 5) is 4.38. The average molecular weight is 294 g/mol. The molecule has 0 spiro atoms. The number of benzene rings is 1. The molecular weight excluding hydrogens is 278 g/mol. The first-order chi connectivity index (χ1) is 9.67. The predicted octanol–water partition coefficient (Wildman–Crippen LogP) is 3.54. The van der Waals surface area contributed by atoms with E-state index in [1.165, 1.54) is 0 Å². The molecule has 2 rings (SSSR count). The first-order valence-electron chi connectivity index (χ1n) is 6.01. The molecule has 0 bridgehead atoms. The van der Waals surface area contributed by atoms with E-state index in [-0.39, 0.29) is 0 Å². The lowest BCUT2D eigenvalue weighted by molar-refractivity contribution is 0.396. The quantitative estimate of drug-likeness (QED) is 0.883. The number of anilines is 3. The number of nitrogens with one attached hydrogen (secondary N) is 2. The third kappa shape index (κ3) is 3.05. The molecule has 0 aliphatic carbocycles. The third-order valence-corrected chi connectivity index (χ3v) is 3.04. The van der Waals surface area contributed by atoms with Crippen LogP contribution in [0.3, 0.4) is 0 Å². The molecule has 0 amide bonds. The van der Waals surface area contributed by atoms with Crippen LogP contribution in [0.25, 0.3) is 0 Å². The Labute approximate surface area is 122 Å². The molecular formula is C14H16ClN3O2. The van der Waals surface area contributed by atoms with Crippen molar-refractivity contribution in [3.05, 3.63) is 35.4 Å². The normalized spacial score (nSPS) is 10.0. The Morgan fingerprint density at radius 1 is 1.05 bits per heavy atom. The molecule has 1 heterocycles. The zero-order valence-corrected chi connectivity index (χ0v) is 12.3. The topological polar surface area (TPSA) is 55.4 Å². The van der Waals surface area contributed by atoms with Gasteiger partial charge >= 0.3 is 0 Å². The number of hydrogen-bond acceptors (Lipinski definition) is 5. The summed E-state index contributed by atoms with van der Waals surface area (Å²) in [7, 11) is 4.97. The van der Waals surface area contributed by atoms with E-state index in [9.17, 15) is 0 Å². The van der Waals surface area contributed by atoms with E-state index in [0.29, 0.717) is 22.3 Å². The summed E-state index contributed by atoms with van der Waals surface area (Å²) in [6.07, 6.45) is 0. The minimum Gasteiger partial charge on any atom is -0.495 e. The number of halogens is 1. The Bertz CT molecular complexity index is 605. The van der Waals surface area contributed by atoms with Gasteiger partial charge in [0.2, 0.25) is 0 Å². The molecule has 1 aromatic carbocycles. The second kappa shape index (κ2) is 6.34. The Balaban J connectivity index is 2.34. The summed E-state index contributed by atoms with van der Waals surface area (Å²) in [6.45, 7) is 0. The summed E-state index contributed by atoms with van der Waals surface area (Å²) in [5, 5.41) is 6.66. The lowest BCUT2D eigenvalue weighted by Gasteiger charge is -2.13. The molecule has 0 saturated heterocycles. The van der Waals surface area contributed by atoms with Crippen LogP contribution in [0.1, 0.15) is 0 Å². The minimum atomic E-state index is 0.501. The van der Waals surface area contributed by atoms with Gasteiger partial charge in [-0.15, -0.1) is 0 Å². The molecule has 0 atom stereocenters. The van der Waals surface area contributed by atoms with Crippen LogP contribution in [0, 0.1) is 0 Å². The molecule has 0 aliphatic heterocycles. The van der Waals surface area contributed by atoms with Crippen LogP contribution >= 0.6 is 11.6 Å². The van der Waals surface area contributed by atoms with Gasteiger partial charge in [0.25, 0.3) is 0 Å². The maximum Gasteiger partial charge on any atom is 0.146 e. The van der Waals surface area contributed by atoms with Crippen LogP contribution in [0.2, 0.25) is 5.02 Å². The van der Waals surface area contributed by atoms with Crippen molar-refractivity contribution in [2.75, 3.05) is 31.9 Å². The molecule has 2 aromatic rings. The standard InChI is InChI=1S/C14H16ClN3O2/c1-16-13-5-4-6-14(18-13)17-10-7-9(15)11(19-2)8-12(10)20-3/h4-8H,1-3H3,(H2,16,17,18). The molecule has 0 aliphatic rings. The van der Waals surface area contributed by atoms with E-state index in [1.54, 1.807) is 26.4 Å². The molecule has 0 saturated carbocycles. The van der Waals surface area contributed by atoms with E-state index < -0.39 is 0 Å². The summed E-state index contributed by atoms with van der Waals surface area (Å²) >= 11 is 6.13. The number of methoxy groups -OCH3 is 2. The maximum atomic E-state index is 6.13. The molecule has 106 valence electrons. The molecule has 0 radical (unpaired) electrons. The van der Waals surface area contributed by atoms with Crippen molar-refractivity contribution >= 4 is 28.9 Å². The van der Waals surface area contributed by atoms with Crippen LogP contribution in [0.5, 0.6) is 11.5 Å². The molecule has 0 unspecified atom stereocenters. The number of rotatable bonds is 5. The van der Waals surface area contributed by atoms with E-state index in [0.717, 1.165) is 11.5 Å². The first-order valence-corrected chi connectivity index (χ1v) is 6.39. The van der Waals surface area contributed by atoms with E-state index >= 15 is 0 Å². The van der Waals surface area contributed by atoms with Crippen LogP contribution in [-0.2, 0) is 0 Å². The Morgan fingerprint density at radius 2 is 1.75 bits per heavy atom. The molecule has 2 N–H and O–H groups in total. The van der Waals surface area contributed by atoms with Crippen LogP contribution in [0.15, 0.2) is 30.3 Å². The van der Waals surface area contributed by atoms with Gasteiger partial charge in [0.15, 0.2) is 0 Å². The Hall–Kier alpha value is -2.14. The van der Waals surface area contributed by atoms with Crippen molar-refractivity contribution in [3.8, 4) is 11.5 Å². The second-order valence-electron chi connectivity index (χ2n) is 3.97. The zero-order valence-electron chi connectivity index (χ0n) is 11.5. The lowest BCUT2D eigenvalue weighted by atomic mass is 10.2. The summed E-state index contributed by atoms with van der Waals surface area (Å²) in [5.41, 5.74) is 0.721. The first kappa shape index (κ1) is 14.3. The van der Waals surface area contributed by atoms with Gasteiger partial charge in [-0.05, 0) is 18.2 Å². The van der Waals surface area contributed by atoms with Gasteiger partial charge in [-0.3, -0.25) is 0 Å². The van der Waals surface area contributed by atoms with Gasteiger partial charge in [-0.25, -0.2) is 4.98 Å². The molecule has 1 aromatic heterocycles. The highest BCUT2D eigenvalue weighted by atomic mass is 35.5. The molecule has 0 fully saturated rings. The number of hydrogen-bond donors (Lipinski definition) is 2. The number of aromatic nitrogens is 1. The second-order valence-corrected chi connectivity index (χ2v) is 4.38. The van der Waals surface area contributed by atoms with Crippen molar-refractivity contribution in [1.29, 1.82) is 0 Å². The van der Waals surface area contributed by atoms with Crippen molar-refractivity contribution < 1.29 is 9.47 Å². The maximum absolute atomic E-state index is 6.13. The predicted molar refractivity (Wildman–Crippen MR) is 81.6 cm³/mol. The largest absolute Gasteiger partial charge is 0.495 e. The average Bonchev–Trinajstić information content (AvgIpc) is 2.48. The number of nitrogens with zero attached hydrogens (tertiary/aromatic N) is 1. The van der Waals surface area contributed by atoms with Crippen molar-refractivity contribution in [2.24, 2.45) is 0 Å². The van der Waals surface area contributed by atoms with Crippen molar-refractivity contribution in [3.63, 3.8) is 0 Å². The molecule has 6 heteroatoms. The van der Waals surface area contributed by atoms with E-state index in [4.69, 9.17) is 21.1 Å². The van der Waals surface area contributed by atoms with Crippen LogP contribution in [0.4, 0.5) is 17.3 Å². The van der Waals surface area contributed by atoms with Crippen LogP contribution < -0.4 is 20.1 Å². The third-order valence-electron chi connectivity index (χ3n) is 2.74. The summed E-state index contributed by atoms with van der Waals surface area (Å²) < 4.78 is 10.5. The van der Waals surface area contributed by atoms with Gasteiger partial charge < -0.3 is 20.1 Å². The Morgan fingerprint density at radius 3 is 2.40 bits per heavy atom. The smallest absolute Gasteiger partial charge is 0.146 e. The highest BCUT2D eigenvalue weighted by molar-refractivity contribution is 6.32. The molecule has 20 heavy (non-hydrogen) atoms. The Kier molecular flexibility index (Phi) is 4.53. The van der Waals surface area contributed by atoms with Crippen LogP contribution in [-0.4, -0.2) is 26.3 Å². The SMILES string of the molecule is CNc1cccc(Nc2cc(Cl)c(OC)cc2OC)n1. The number of pyridine rings is 1. The summed E-state index contributed by atoms with van der Waals surface area (Å²) in [5.74, 6) is 2.65. The van der Waals surface area contributed by atoms with Crippen molar-refractivity contribution in [2.45, 2.75) is 0 Å². The fourth-order valence-corrected chi connectivity index (χ4v) is 1.98. The number of ether oxygens (including phenoxy) is 2. The van der Waals surface area contributed by atoms with E-state index in [2.05, 4.69) is 15.6 Å². The lowest BCUT2D eigenvalue weighted by Crippen LogP contribution is -1.99. The highest BCUT2D eigenvalue weighted by Crippen LogP contribution is 2.37. The summed E-state index contributed by atoms with van der Waals surface area (Å²) in [6, 6.07) is 9.11. The monoisotopic (exact) mass is 293 g/mol. The highest BCUT2D eigenvalue weighted by Gasteiger charge is 2.10. The van der Waals surface area contributed by atoms with Gasteiger partial charge in [0, 0.05) is 13.1 Å². The van der Waals surface area contributed by atoms with Gasteiger partial charge in [-0.1, -0.05) is 17.7 Å². The van der Waals surface area contributed by atoms with Crippen molar-refractivity contribution in [1.82, 2.24) is 4.98 Å². The fraction of sp³-hybridized carbons (Fsp3) is 0.214. The van der Waals surface area contributed by atoms with Gasteiger partial charge in [0.05, 0.1) is 24.9 Å². The zero-order chi connectivity index (χ0) is 14.5. The van der Waals surface area contributed by atoms with E-state index in [1.807, 2.05) is 25.2 Å². The minimum absolute atomic E-state index is 0.501. The van der Waals surface area contributed by atoms with Gasteiger partial charge in [0.1, 0.15) is 23.1 Å². The molecule has 5 nitrogen and oxygen atoms in total. The van der Waals surface area contributed by atoms with Gasteiger partial charge in [-0.2, -0.15) is 0 Å².